The summed E-state index contributed by atoms with van der Waals surface area (Å²) in [6, 6.07) is 11.4. The Labute approximate surface area is 245 Å². The molecule has 0 fully saturated rings. The molecule has 2 aliphatic heterocycles. The summed E-state index contributed by atoms with van der Waals surface area (Å²) in [4.78, 5) is 79.7. The van der Waals surface area contributed by atoms with Gasteiger partial charge in [-0.3, -0.25) is 38.6 Å². The molecule has 0 aromatic heterocycles. The van der Waals surface area contributed by atoms with E-state index in [2.05, 4.69) is 10.6 Å². The number of imide groups is 2. The van der Waals surface area contributed by atoms with Gasteiger partial charge in [0.25, 0.3) is 23.6 Å². The summed E-state index contributed by atoms with van der Waals surface area (Å²) in [6.45, 7) is 8.01. The Balaban J connectivity index is 1.19. The Bertz CT molecular complexity index is 1230. The minimum Gasteiger partial charge on any atom is -0.354 e. The quantitative estimate of drug-likeness (QED) is 0.278. The molecule has 222 valence electrons. The van der Waals surface area contributed by atoms with E-state index in [1.807, 2.05) is 0 Å². The molecule has 10 nitrogen and oxygen atoms in total. The van der Waals surface area contributed by atoms with Crippen molar-refractivity contribution >= 4 is 35.4 Å². The maximum Gasteiger partial charge on any atom is 0.262 e. The van der Waals surface area contributed by atoms with Crippen LogP contribution in [-0.2, 0) is 9.59 Å². The Morgan fingerprint density at radius 2 is 0.833 bits per heavy atom. The van der Waals surface area contributed by atoms with Crippen molar-refractivity contribution in [2.45, 2.75) is 65.5 Å². The van der Waals surface area contributed by atoms with E-state index in [9.17, 15) is 28.8 Å². The van der Waals surface area contributed by atoms with Crippen molar-refractivity contribution in [1.29, 1.82) is 0 Å². The maximum absolute atomic E-state index is 13.0. The number of carbonyl (C=O) groups is 6. The van der Waals surface area contributed by atoms with Gasteiger partial charge in [-0.1, -0.05) is 64.8 Å². The standard InChI is InChI=1S/C32H38N4O6/c1-19(2)25(35-29(39)21-13-7-8-14-22(21)30(35)40)27(37)33-17-11-5-6-12-18-34-28(38)26(20(3)4)36-31(41)23-15-9-10-16-24(23)32(36)42/h7-10,13-16,19-20,25-26H,5-6,11-12,17-18H2,1-4H3,(H,33,37)(H,34,38). The zero-order valence-electron chi connectivity index (χ0n) is 24.5. The van der Waals surface area contributed by atoms with Crippen LogP contribution in [-0.4, -0.2) is 70.4 Å². The highest BCUT2D eigenvalue weighted by molar-refractivity contribution is 6.23. The first kappa shape index (κ1) is 30.6. The highest BCUT2D eigenvalue weighted by atomic mass is 16.2. The van der Waals surface area contributed by atoms with Crippen molar-refractivity contribution in [2.24, 2.45) is 11.8 Å². The second kappa shape index (κ2) is 13.1. The van der Waals surface area contributed by atoms with Gasteiger partial charge >= 0.3 is 0 Å². The highest BCUT2D eigenvalue weighted by Crippen LogP contribution is 2.28. The zero-order valence-corrected chi connectivity index (χ0v) is 24.5. The van der Waals surface area contributed by atoms with Crippen molar-refractivity contribution in [3.05, 3.63) is 70.8 Å². The molecule has 2 atom stereocenters. The molecule has 2 N–H and O–H groups in total. The monoisotopic (exact) mass is 574 g/mol. The number of amides is 6. The van der Waals surface area contributed by atoms with E-state index in [1.54, 1.807) is 76.2 Å². The summed E-state index contributed by atoms with van der Waals surface area (Å²) in [7, 11) is 0. The second-order valence-electron chi connectivity index (χ2n) is 11.4. The number of nitrogens with zero attached hydrogens (tertiary/aromatic N) is 2. The summed E-state index contributed by atoms with van der Waals surface area (Å²) < 4.78 is 0. The molecule has 0 spiro atoms. The summed E-state index contributed by atoms with van der Waals surface area (Å²) in [5, 5.41) is 5.74. The molecule has 0 radical (unpaired) electrons. The van der Waals surface area contributed by atoms with Gasteiger partial charge in [0.05, 0.1) is 22.3 Å². The van der Waals surface area contributed by atoms with E-state index in [-0.39, 0.29) is 23.7 Å². The molecular weight excluding hydrogens is 536 g/mol. The van der Waals surface area contributed by atoms with E-state index in [1.165, 1.54) is 0 Å². The number of fused-ring (bicyclic) bond motifs is 2. The summed E-state index contributed by atoms with van der Waals surface area (Å²) in [6.07, 6.45) is 2.97. The van der Waals surface area contributed by atoms with E-state index >= 15 is 0 Å². The number of unbranched alkanes of at least 4 members (excludes halogenated alkanes) is 3. The second-order valence-corrected chi connectivity index (χ2v) is 11.4. The predicted octanol–water partition coefficient (Wildman–Crippen LogP) is 3.42. The van der Waals surface area contributed by atoms with Crippen molar-refractivity contribution in [2.75, 3.05) is 13.1 Å². The maximum atomic E-state index is 13.0. The van der Waals surface area contributed by atoms with Gasteiger partial charge in [0.2, 0.25) is 11.8 Å². The lowest BCUT2D eigenvalue weighted by Crippen LogP contribution is -2.52. The summed E-state index contributed by atoms with van der Waals surface area (Å²) in [5.41, 5.74) is 1.26. The minimum atomic E-state index is -0.899. The van der Waals surface area contributed by atoms with Gasteiger partial charge < -0.3 is 10.6 Å². The lowest BCUT2D eigenvalue weighted by Gasteiger charge is -2.28. The molecule has 0 saturated carbocycles. The van der Waals surface area contributed by atoms with Crippen LogP contribution >= 0.6 is 0 Å². The molecule has 2 heterocycles. The van der Waals surface area contributed by atoms with E-state index in [0.717, 1.165) is 22.6 Å². The van der Waals surface area contributed by atoms with Crippen molar-refractivity contribution in [3.8, 4) is 0 Å². The molecular formula is C32H38N4O6. The van der Waals surface area contributed by atoms with Crippen LogP contribution < -0.4 is 10.6 Å². The van der Waals surface area contributed by atoms with Crippen molar-refractivity contribution in [1.82, 2.24) is 20.4 Å². The third-order valence-electron chi connectivity index (χ3n) is 7.71. The van der Waals surface area contributed by atoms with E-state index in [0.29, 0.717) is 48.2 Å². The number of hydrogen-bond acceptors (Lipinski definition) is 6. The SMILES string of the molecule is CC(C)C(C(=O)NCCCCCCNC(=O)C(C(C)C)N1C(=O)c2ccccc2C1=O)N1C(=O)c2ccccc2C1=O. The molecule has 2 aliphatic rings. The normalized spacial score (nSPS) is 15.8. The lowest BCUT2D eigenvalue weighted by molar-refractivity contribution is -0.127. The van der Waals surface area contributed by atoms with Gasteiger partial charge in [-0.2, -0.15) is 0 Å². The largest absolute Gasteiger partial charge is 0.354 e. The van der Waals surface area contributed by atoms with Crippen LogP contribution in [0.2, 0.25) is 0 Å². The molecule has 10 heteroatoms. The number of rotatable bonds is 13. The van der Waals surface area contributed by atoms with E-state index in [4.69, 9.17) is 0 Å². The van der Waals surface area contributed by atoms with Gasteiger partial charge in [-0.05, 0) is 48.9 Å². The fourth-order valence-electron chi connectivity index (χ4n) is 5.59. The van der Waals surface area contributed by atoms with E-state index < -0.39 is 35.7 Å². The zero-order chi connectivity index (χ0) is 30.6. The molecule has 4 rings (SSSR count). The molecule has 0 bridgehead atoms. The Hall–Kier alpha value is -4.34. The van der Waals surface area contributed by atoms with Crippen LogP contribution in [0.25, 0.3) is 0 Å². The van der Waals surface area contributed by atoms with Gasteiger partial charge in [0.1, 0.15) is 12.1 Å². The first-order valence-electron chi connectivity index (χ1n) is 14.6. The molecule has 2 aromatic rings. The summed E-state index contributed by atoms with van der Waals surface area (Å²) in [5.74, 6) is -3.04. The van der Waals surface area contributed by atoms with Crippen LogP contribution in [0.4, 0.5) is 0 Å². The predicted molar refractivity (Wildman–Crippen MR) is 156 cm³/mol. The van der Waals surface area contributed by atoms with Crippen molar-refractivity contribution < 1.29 is 28.8 Å². The molecule has 2 aromatic carbocycles. The molecule has 0 aliphatic carbocycles. The van der Waals surface area contributed by atoms with Gasteiger partial charge in [-0.15, -0.1) is 0 Å². The fraction of sp³-hybridized carbons (Fsp3) is 0.438. The average Bonchev–Trinajstić information content (AvgIpc) is 3.35. The van der Waals surface area contributed by atoms with Crippen LogP contribution in [0, 0.1) is 11.8 Å². The third kappa shape index (κ3) is 5.98. The molecule has 2 unspecified atom stereocenters. The average molecular weight is 575 g/mol. The minimum absolute atomic E-state index is 0.259. The highest BCUT2D eigenvalue weighted by Gasteiger charge is 2.45. The number of hydrogen-bond donors (Lipinski definition) is 2. The van der Waals surface area contributed by atoms with Gasteiger partial charge in [-0.25, -0.2) is 0 Å². The fourth-order valence-corrected chi connectivity index (χ4v) is 5.59. The first-order valence-corrected chi connectivity index (χ1v) is 14.6. The Kier molecular flexibility index (Phi) is 9.55. The summed E-state index contributed by atoms with van der Waals surface area (Å²) >= 11 is 0. The first-order chi connectivity index (χ1) is 20.1. The van der Waals surface area contributed by atoms with Crippen LogP contribution in [0.1, 0.15) is 94.8 Å². The van der Waals surface area contributed by atoms with Gasteiger partial charge in [0, 0.05) is 13.1 Å². The Morgan fingerprint density at radius 3 is 1.10 bits per heavy atom. The van der Waals surface area contributed by atoms with Crippen LogP contribution in [0.5, 0.6) is 0 Å². The molecule has 0 saturated heterocycles. The Morgan fingerprint density at radius 1 is 0.548 bits per heavy atom. The molecule has 42 heavy (non-hydrogen) atoms. The third-order valence-corrected chi connectivity index (χ3v) is 7.71. The smallest absolute Gasteiger partial charge is 0.262 e. The van der Waals surface area contributed by atoms with Crippen LogP contribution in [0.3, 0.4) is 0 Å². The molecule has 6 amide bonds. The lowest BCUT2D eigenvalue weighted by atomic mass is 10.0. The van der Waals surface area contributed by atoms with Crippen LogP contribution in [0.15, 0.2) is 48.5 Å². The van der Waals surface area contributed by atoms with Gasteiger partial charge in [0.15, 0.2) is 0 Å². The number of carbonyl (C=O) groups excluding carboxylic acids is 6. The topological polar surface area (TPSA) is 133 Å². The van der Waals surface area contributed by atoms with Crippen molar-refractivity contribution in [3.63, 3.8) is 0 Å². The number of nitrogens with one attached hydrogen (secondary N) is 2. The number of benzene rings is 2.